The van der Waals surface area contributed by atoms with Gasteiger partial charge in [-0.3, -0.25) is 9.48 Å². The molecular weight excluding hydrogens is 242 g/mol. The van der Waals surface area contributed by atoms with Crippen molar-refractivity contribution in [1.82, 2.24) is 15.1 Å². The number of amides is 1. The third-order valence-corrected chi connectivity index (χ3v) is 2.55. The van der Waals surface area contributed by atoms with Crippen molar-refractivity contribution in [2.45, 2.75) is 19.5 Å². The molecule has 6 heteroatoms. The van der Waals surface area contributed by atoms with Gasteiger partial charge in [0.1, 0.15) is 0 Å². The van der Waals surface area contributed by atoms with Gasteiger partial charge in [-0.2, -0.15) is 5.10 Å². The molecule has 0 aliphatic rings. The first-order valence-electron chi connectivity index (χ1n) is 5.18. The van der Waals surface area contributed by atoms with Gasteiger partial charge >= 0.3 is 0 Å². The number of hydrogen-bond acceptors (Lipinski definition) is 3. The molecule has 0 radical (unpaired) electrons. The van der Waals surface area contributed by atoms with Gasteiger partial charge in [-0.25, -0.2) is 0 Å². The Morgan fingerprint density at radius 1 is 1.71 bits per heavy atom. The van der Waals surface area contributed by atoms with Crippen LogP contribution in [0.3, 0.4) is 0 Å². The molecule has 2 aromatic rings. The van der Waals surface area contributed by atoms with Crippen molar-refractivity contribution in [2.24, 2.45) is 0 Å². The molecule has 90 valence electrons. The fourth-order valence-corrected chi connectivity index (χ4v) is 1.69. The lowest BCUT2D eigenvalue weighted by Gasteiger charge is -2.13. The number of nitrogens with zero attached hydrogens (tertiary/aromatic N) is 2. The molecule has 0 saturated heterocycles. The van der Waals surface area contributed by atoms with E-state index in [1.165, 1.54) is 12.3 Å². The summed E-state index contributed by atoms with van der Waals surface area (Å²) in [6.45, 7) is 2.50. The predicted octanol–water partition coefficient (Wildman–Crippen LogP) is 1.95. The predicted molar refractivity (Wildman–Crippen MR) is 62.9 cm³/mol. The molecule has 0 saturated carbocycles. The van der Waals surface area contributed by atoms with E-state index in [2.05, 4.69) is 10.4 Å². The maximum Gasteiger partial charge on any atom is 0.256 e. The van der Waals surface area contributed by atoms with Gasteiger partial charge in [0.2, 0.25) is 5.22 Å². The Labute approximate surface area is 103 Å². The molecule has 5 nitrogen and oxygen atoms in total. The third-order valence-electron chi connectivity index (χ3n) is 2.26. The number of aromatic nitrogens is 2. The van der Waals surface area contributed by atoms with E-state index < -0.39 is 0 Å². The average molecular weight is 254 g/mol. The Morgan fingerprint density at radius 3 is 3.12 bits per heavy atom. The van der Waals surface area contributed by atoms with Crippen LogP contribution in [0, 0.1) is 0 Å². The molecule has 0 aliphatic heterocycles. The smallest absolute Gasteiger partial charge is 0.256 e. The molecule has 2 aromatic heterocycles. The molecule has 1 amide bonds. The Balaban J connectivity index is 1.93. The summed E-state index contributed by atoms with van der Waals surface area (Å²) in [5.41, 5.74) is 0.346. The molecule has 2 rings (SSSR count). The molecule has 0 fully saturated rings. The maximum absolute atomic E-state index is 11.8. The zero-order chi connectivity index (χ0) is 12.3. The van der Waals surface area contributed by atoms with E-state index in [4.69, 9.17) is 16.0 Å². The Kier molecular flexibility index (Phi) is 3.49. The lowest BCUT2D eigenvalue weighted by Crippen LogP contribution is -2.35. The largest absolute Gasteiger partial charge is 0.452 e. The van der Waals surface area contributed by atoms with Gasteiger partial charge in [-0.1, -0.05) is 0 Å². The van der Waals surface area contributed by atoms with Crippen molar-refractivity contribution in [2.75, 3.05) is 0 Å². The Hall–Kier alpha value is -1.75. The average Bonchev–Trinajstić information content (AvgIpc) is 2.88. The minimum atomic E-state index is -0.247. The van der Waals surface area contributed by atoms with Gasteiger partial charge in [0, 0.05) is 18.4 Å². The van der Waals surface area contributed by atoms with Crippen LogP contribution in [0.5, 0.6) is 0 Å². The lowest BCUT2D eigenvalue weighted by atomic mass is 10.2. The summed E-state index contributed by atoms with van der Waals surface area (Å²) < 4.78 is 6.61. The minimum Gasteiger partial charge on any atom is -0.452 e. The molecular formula is C11H12ClN3O2. The number of rotatable bonds is 4. The van der Waals surface area contributed by atoms with E-state index in [0.29, 0.717) is 12.1 Å². The van der Waals surface area contributed by atoms with Crippen LogP contribution in [0.25, 0.3) is 0 Å². The fraction of sp³-hybridized carbons (Fsp3) is 0.273. The molecule has 1 unspecified atom stereocenters. The Bertz CT molecular complexity index is 493. The Morgan fingerprint density at radius 2 is 2.53 bits per heavy atom. The van der Waals surface area contributed by atoms with Crippen LogP contribution >= 0.6 is 11.6 Å². The van der Waals surface area contributed by atoms with Gasteiger partial charge in [-0.05, 0) is 30.7 Å². The number of carbonyl (C=O) groups is 1. The molecule has 1 N–H and O–H groups in total. The van der Waals surface area contributed by atoms with Crippen LogP contribution in [0.2, 0.25) is 5.22 Å². The van der Waals surface area contributed by atoms with Crippen molar-refractivity contribution < 1.29 is 9.21 Å². The first-order valence-corrected chi connectivity index (χ1v) is 5.56. The van der Waals surface area contributed by atoms with E-state index in [1.54, 1.807) is 10.9 Å². The van der Waals surface area contributed by atoms with Crippen molar-refractivity contribution in [3.63, 3.8) is 0 Å². The van der Waals surface area contributed by atoms with Gasteiger partial charge in [0.15, 0.2) is 0 Å². The van der Waals surface area contributed by atoms with Crippen LogP contribution in [0.4, 0.5) is 0 Å². The van der Waals surface area contributed by atoms with Crippen molar-refractivity contribution in [1.29, 1.82) is 0 Å². The van der Waals surface area contributed by atoms with Crippen LogP contribution < -0.4 is 5.32 Å². The summed E-state index contributed by atoms with van der Waals surface area (Å²) >= 11 is 5.72. The normalized spacial score (nSPS) is 12.4. The van der Waals surface area contributed by atoms with Crippen LogP contribution in [0.15, 0.2) is 35.2 Å². The van der Waals surface area contributed by atoms with E-state index in [0.717, 1.165) is 0 Å². The number of halogens is 1. The number of furan rings is 1. The molecule has 2 heterocycles. The molecule has 17 heavy (non-hydrogen) atoms. The maximum atomic E-state index is 11.8. The molecule has 1 atom stereocenters. The highest BCUT2D eigenvalue weighted by Crippen LogP contribution is 2.16. The minimum absolute atomic E-state index is 0.0478. The SMILES string of the molecule is CC(Cn1cccn1)NC(=O)c1ccoc1Cl. The summed E-state index contributed by atoms with van der Waals surface area (Å²) in [6.07, 6.45) is 4.92. The summed E-state index contributed by atoms with van der Waals surface area (Å²) in [5.74, 6) is -0.247. The summed E-state index contributed by atoms with van der Waals surface area (Å²) in [7, 11) is 0. The van der Waals surface area contributed by atoms with Crippen LogP contribution in [0.1, 0.15) is 17.3 Å². The zero-order valence-electron chi connectivity index (χ0n) is 9.26. The van der Waals surface area contributed by atoms with E-state index in [9.17, 15) is 4.79 Å². The third kappa shape index (κ3) is 2.88. The second-order valence-electron chi connectivity index (χ2n) is 3.71. The van der Waals surface area contributed by atoms with Gasteiger partial charge in [0.05, 0.1) is 18.4 Å². The van der Waals surface area contributed by atoms with Gasteiger partial charge in [0.25, 0.3) is 5.91 Å². The standard InChI is InChI=1S/C11H12ClN3O2/c1-8(7-15-5-2-4-13-15)14-11(16)9-3-6-17-10(9)12/h2-6,8H,7H2,1H3,(H,14,16). The second kappa shape index (κ2) is 5.05. The van der Waals surface area contributed by atoms with Crippen LogP contribution in [-0.2, 0) is 6.54 Å². The van der Waals surface area contributed by atoms with Crippen molar-refractivity contribution in [3.8, 4) is 0 Å². The van der Waals surface area contributed by atoms with E-state index >= 15 is 0 Å². The number of hydrogen-bond donors (Lipinski definition) is 1. The molecule has 0 aromatic carbocycles. The summed E-state index contributed by atoms with van der Waals surface area (Å²) in [4.78, 5) is 11.8. The highest BCUT2D eigenvalue weighted by atomic mass is 35.5. The molecule has 0 aliphatic carbocycles. The van der Waals surface area contributed by atoms with Crippen molar-refractivity contribution >= 4 is 17.5 Å². The second-order valence-corrected chi connectivity index (χ2v) is 4.05. The summed E-state index contributed by atoms with van der Waals surface area (Å²) in [6, 6.07) is 3.33. The topological polar surface area (TPSA) is 60.1 Å². The highest BCUT2D eigenvalue weighted by molar-refractivity contribution is 6.32. The molecule has 0 spiro atoms. The highest BCUT2D eigenvalue weighted by Gasteiger charge is 2.15. The van der Waals surface area contributed by atoms with Crippen LogP contribution in [-0.4, -0.2) is 21.7 Å². The van der Waals surface area contributed by atoms with E-state index in [1.807, 2.05) is 19.2 Å². The lowest BCUT2D eigenvalue weighted by molar-refractivity contribution is 0.0935. The first kappa shape index (κ1) is 11.7. The monoisotopic (exact) mass is 253 g/mol. The fourth-order valence-electron chi connectivity index (χ4n) is 1.49. The molecule has 0 bridgehead atoms. The zero-order valence-corrected chi connectivity index (χ0v) is 10.0. The number of carbonyl (C=O) groups excluding carboxylic acids is 1. The summed E-state index contributed by atoms with van der Waals surface area (Å²) in [5, 5.41) is 6.99. The first-order chi connectivity index (χ1) is 8.16. The quantitative estimate of drug-likeness (QED) is 0.906. The van der Waals surface area contributed by atoms with Crippen molar-refractivity contribution in [3.05, 3.63) is 41.6 Å². The van der Waals surface area contributed by atoms with Gasteiger partial charge in [-0.15, -0.1) is 0 Å². The van der Waals surface area contributed by atoms with Gasteiger partial charge < -0.3 is 9.73 Å². The number of nitrogens with one attached hydrogen (secondary N) is 1. The van der Waals surface area contributed by atoms with E-state index in [-0.39, 0.29) is 17.2 Å².